The molecular weight excluding hydrogens is 194 g/mol. The van der Waals surface area contributed by atoms with Gasteiger partial charge in [-0.15, -0.1) is 0 Å². The van der Waals surface area contributed by atoms with Crippen LogP contribution in [0.4, 0.5) is 0 Å². The van der Waals surface area contributed by atoms with Crippen molar-refractivity contribution < 1.29 is 63.5 Å². The second-order valence-corrected chi connectivity index (χ2v) is 0. The zero-order valence-corrected chi connectivity index (χ0v) is 5.64. The second-order valence-electron chi connectivity index (χ2n) is 0. The summed E-state index contributed by atoms with van der Waals surface area (Å²) in [6.07, 6.45) is 0. The fraction of sp³-hybridized carbons (Fsp3) is 0. The van der Waals surface area contributed by atoms with Gasteiger partial charge < -0.3 is 46.7 Å². The standard InChI is InChI=1S/2ClH.Co.4H2O/h2*1H;;4*1H2/q;;+2;;;;/p-2. The van der Waals surface area contributed by atoms with E-state index in [0.717, 1.165) is 0 Å². The first-order chi connectivity index (χ1) is 0. The summed E-state index contributed by atoms with van der Waals surface area (Å²) in [7, 11) is 0. The van der Waals surface area contributed by atoms with Crippen LogP contribution in [0.1, 0.15) is 0 Å². The molecule has 4 nitrogen and oxygen atoms in total. The maximum Gasteiger partial charge on any atom is 2.00 e. The van der Waals surface area contributed by atoms with Crippen LogP contribution in [0.15, 0.2) is 0 Å². The van der Waals surface area contributed by atoms with Crippen LogP contribution < -0.4 is 24.8 Å². The molecule has 8 N–H and O–H groups in total. The zero-order valence-electron chi connectivity index (χ0n) is 3.09. The third-order valence-corrected chi connectivity index (χ3v) is 0. The van der Waals surface area contributed by atoms with Crippen molar-refractivity contribution in [3.05, 3.63) is 0 Å². The first-order valence-corrected chi connectivity index (χ1v) is 0. The Hall–Kier alpha value is 0.926. The molecule has 0 aliphatic rings. The third kappa shape index (κ3) is 196. The topological polar surface area (TPSA) is 126 Å². The van der Waals surface area contributed by atoms with Crippen LogP contribution >= 0.6 is 0 Å². The van der Waals surface area contributed by atoms with E-state index in [1.165, 1.54) is 0 Å². The molecule has 0 heterocycles. The van der Waals surface area contributed by atoms with Crippen molar-refractivity contribution in [3.63, 3.8) is 0 Å². The summed E-state index contributed by atoms with van der Waals surface area (Å²) in [5.41, 5.74) is 0. The van der Waals surface area contributed by atoms with Gasteiger partial charge in [0.1, 0.15) is 0 Å². The summed E-state index contributed by atoms with van der Waals surface area (Å²) in [6.45, 7) is 0. The van der Waals surface area contributed by atoms with E-state index in [1.54, 1.807) is 0 Å². The van der Waals surface area contributed by atoms with Gasteiger partial charge in [0.25, 0.3) is 0 Å². The van der Waals surface area contributed by atoms with Gasteiger partial charge in [0.05, 0.1) is 0 Å². The Morgan fingerprint density at radius 2 is 0.429 bits per heavy atom. The fourth-order valence-corrected chi connectivity index (χ4v) is 0. The molecule has 0 spiro atoms. The molecule has 7 heavy (non-hydrogen) atoms. The van der Waals surface area contributed by atoms with Gasteiger partial charge in [-0.3, -0.25) is 0 Å². The van der Waals surface area contributed by atoms with Crippen molar-refractivity contribution in [1.29, 1.82) is 0 Å². The third-order valence-electron chi connectivity index (χ3n) is 0. The summed E-state index contributed by atoms with van der Waals surface area (Å²) in [5, 5.41) is 0. The Labute approximate surface area is 63.9 Å². The van der Waals surface area contributed by atoms with Crippen molar-refractivity contribution in [1.82, 2.24) is 0 Å². The number of halogens is 2. The summed E-state index contributed by atoms with van der Waals surface area (Å²) >= 11 is 0. The van der Waals surface area contributed by atoms with Gasteiger partial charge in [0.15, 0.2) is 0 Å². The van der Waals surface area contributed by atoms with Crippen molar-refractivity contribution in [2.24, 2.45) is 0 Å². The molecule has 0 aromatic heterocycles. The van der Waals surface area contributed by atoms with E-state index in [0.29, 0.717) is 0 Å². The average Bonchev–Trinajstić information content (AvgIpc) is 0. The minimum absolute atomic E-state index is 0. The van der Waals surface area contributed by atoms with E-state index in [-0.39, 0.29) is 63.5 Å². The molecule has 0 saturated carbocycles. The molecule has 0 aromatic rings. The largest absolute Gasteiger partial charge is 2.00 e. The number of rotatable bonds is 0. The van der Waals surface area contributed by atoms with Crippen LogP contribution in [0.25, 0.3) is 0 Å². The van der Waals surface area contributed by atoms with Crippen molar-refractivity contribution in [2.75, 3.05) is 0 Å². The van der Waals surface area contributed by atoms with E-state index >= 15 is 0 Å². The Morgan fingerprint density at radius 1 is 0.429 bits per heavy atom. The summed E-state index contributed by atoms with van der Waals surface area (Å²) < 4.78 is 0. The molecule has 0 saturated heterocycles. The summed E-state index contributed by atoms with van der Waals surface area (Å²) in [5.74, 6) is 0. The van der Waals surface area contributed by atoms with Crippen molar-refractivity contribution in [3.8, 4) is 0 Å². The smallest absolute Gasteiger partial charge is 1.00 e. The molecule has 0 aliphatic carbocycles. The van der Waals surface area contributed by atoms with Gasteiger partial charge in [0.2, 0.25) is 0 Å². The predicted octanol–water partition coefficient (Wildman–Crippen LogP) is -9.29. The molecule has 55 valence electrons. The normalized spacial score (nSPS) is 0. The quantitative estimate of drug-likeness (QED) is 0.369. The molecule has 0 aliphatic heterocycles. The SMILES string of the molecule is O.O.O.O.[Cl-].[Cl-].[Co+2]. The predicted molar refractivity (Wildman–Crippen MR) is 14.5 cm³/mol. The molecule has 0 bridgehead atoms. The molecule has 0 amide bonds. The van der Waals surface area contributed by atoms with E-state index in [4.69, 9.17) is 0 Å². The van der Waals surface area contributed by atoms with Gasteiger partial charge in [-0.05, 0) is 0 Å². The first kappa shape index (κ1) is 443. The van der Waals surface area contributed by atoms with E-state index in [9.17, 15) is 0 Å². The van der Waals surface area contributed by atoms with Crippen LogP contribution in [0, 0.1) is 0 Å². The van der Waals surface area contributed by atoms with Gasteiger partial charge in [-0.1, -0.05) is 0 Å². The van der Waals surface area contributed by atoms with Crippen LogP contribution in [-0.4, -0.2) is 21.9 Å². The van der Waals surface area contributed by atoms with Crippen molar-refractivity contribution >= 4 is 0 Å². The monoisotopic (exact) mass is 201 g/mol. The van der Waals surface area contributed by atoms with Crippen LogP contribution in [-0.2, 0) is 16.8 Å². The molecule has 0 rings (SSSR count). The van der Waals surface area contributed by atoms with E-state index in [1.807, 2.05) is 0 Å². The molecule has 0 unspecified atom stereocenters. The van der Waals surface area contributed by atoms with Gasteiger partial charge in [-0.2, -0.15) is 0 Å². The first-order valence-electron chi connectivity index (χ1n) is 0. The summed E-state index contributed by atoms with van der Waals surface area (Å²) in [4.78, 5) is 0. The Morgan fingerprint density at radius 3 is 0.429 bits per heavy atom. The molecule has 0 aromatic carbocycles. The zero-order chi connectivity index (χ0) is 0. The number of hydrogen-bond acceptors (Lipinski definition) is 0. The van der Waals surface area contributed by atoms with Gasteiger partial charge in [0, 0.05) is 0 Å². The van der Waals surface area contributed by atoms with E-state index < -0.39 is 0 Å². The Kier molecular flexibility index (Phi) is 17900. The summed E-state index contributed by atoms with van der Waals surface area (Å²) in [6, 6.07) is 0. The average molecular weight is 202 g/mol. The molecular formula is H8Cl2CoO4. The number of hydrogen-bond donors (Lipinski definition) is 0. The second kappa shape index (κ2) is 283. The van der Waals surface area contributed by atoms with E-state index in [2.05, 4.69) is 0 Å². The van der Waals surface area contributed by atoms with Gasteiger partial charge >= 0.3 is 16.8 Å². The van der Waals surface area contributed by atoms with Crippen LogP contribution in [0.5, 0.6) is 0 Å². The minimum atomic E-state index is 0. The van der Waals surface area contributed by atoms with Gasteiger partial charge in [-0.25, -0.2) is 0 Å². The molecule has 0 atom stereocenters. The maximum atomic E-state index is 0. The van der Waals surface area contributed by atoms with Crippen LogP contribution in [0.3, 0.4) is 0 Å². The minimum Gasteiger partial charge on any atom is -1.00 e. The Balaban J connectivity index is 0. The molecule has 0 fully saturated rings. The molecule has 7 heteroatoms. The van der Waals surface area contributed by atoms with Crippen LogP contribution in [0.2, 0.25) is 0 Å². The maximum absolute atomic E-state index is 0. The fourth-order valence-electron chi connectivity index (χ4n) is 0. The molecule has 1 radical (unpaired) electrons. The van der Waals surface area contributed by atoms with Crippen molar-refractivity contribution in [2.45, 2.75) is 0 Å². The Bertz CT molecular complexity index is 9.65.